The zero-order valence-corrected chi connectivity index (χ0v) is 12.9. The molecule has 104 valence electrons. The Balaban J connectivity index is 2.32. The molecule has 0 atom stereocenters. The highest BCUT2D eigenvalue weighted by Crippen LogP contribution is 2.16. The number of carbonyl (C=O) groups excluding carboxylic acids is 2. The second-order valence-corrected chi connectivity index (χ2v) is 6.11. The summed E-state index contributed by atoms with van der Waals surface area (Å²) in [7, 11) is 0. The lowest BCUT2D eigenvalue weighted by molar-refractivity contribution is -0.129. The van der Waals surface area contributed by atoms with E-state index >= 15 is 0 Å². The molecule has 0 radical (unpaired) electrons. The molecule has 0 aliphatic rings. The van der Waals surface area contributed by atoms with Crippen LogP contribution in [0.2, 0.25) is 0 Å². The number of rotatable bonds is 5. The van der Waals surface area contributed by atoms with Gasteiger partial charge in [0.1, 0.15) is 5.75 Å². The van der Waals surface area contributed by atoms with Gasteiger partial charge in [-0.3, -0.25) is 9.59 Å². The molecule has 0 aromatic heterocycles. The van der Waals surface area contributed by atoms with Gasteiger partial charge in [-0.25, -0.2) is 0 Å². The number of nitrogens with one attached hydrogen (secondary N) is 1. The fourth-order valence-corrected chi connectivity index (χ4v) is 1.44. The molecule has 19 heavy (non-hydrogen) atoms. The van der Waals surface area contributed by atoms with E-state index in [4.69, 9.17) is 4.74 Å². The molecule has 0 saturated carbocycles. The molecule has 0 aliphatic heterocycles. The molecule has 0 unspecified atom stereocenters. The van der Waals surface area contributed by atoms with E-state index in [2.05, 4.69) is 21.2 Å². The topological polar surface area (TPSA) is 55.4 Å². The lowest BCUT2D eigenvalue weighted by Gasteiger charge is -2.16. The summed E-state index contributed by atoms with van der Waals surface area (Å²) in [5.41, 5.74) is -0.445. The van der Waals surface area contributed by atoms with E-state index in [9.17, 15) is 9.59 Å². The van der Waals surface area contributed by atoms with Gasteiger partial charge in [0, 0.05) is 9.89 Å². The van der Waals surface area contributed by atoms with Crippen molar-refractivity contribution in [3.05, 3.63) is 28.7 Å². The van der Waals surface area contributed by atoms with Crippen molar-refractivity contribution in [1.29, 1.82) is 0 Å². The summed E-state index contributed by atoms with van der Waals surface area (Å²) >= 11 is 3.31. The maximum atomic E-state index is 11.6. The van der Waals surface area contributed by atoms with E-state index in [1.807, 2.05) is 32.9 Å². The Bertz CT molecular complexity index is 449. The van der Waals surface area contributed by atoms with Crippen LogP contribution in [-0.4, -0.2) is 24.8 Å². The standard InChI is InChI=1S/C14H18BrNO3/c1-14(2,3)12(17)8-16-13(18)9-19-11-6-4-10(15)5-7-11/h4-7H,8-9H2,1-3H3,(H,16,18). The summed E-state index contributed by atoms with van der Waals surface area (Å²) in [6.07, 6.45) is 0. The molecule has 1 aromatic rings. The minimum atomic E-state index is -0.445. The SMILES string of the molecule is CC(C)(C)C(=O)CNC(=O)COc1ccc(Br)cc1. The monoisotopic (exact) mass is 327 g/mol. The zero-order valence-electron chi connectivity index (χ0n) is 11.3. The van der Waals surface area contributed by atoms with Crippen LogP contribution in [0.3, 0.4) is 0 Å². The van der Waals surface area contributed by atoms with E-state index in [0.717, 1.165) is 4.47 Å². The summed E-state index contributed by atoms with van der Waals surface area (Å²) < 4.78 is 6.24. The van der Waals surface area contributed by atoms with Gasteiger partial charge in [0.25, 0.3) is 5.91 Å². The summed E-state index contributed by atoms with van der Waals surface area (Å²) in [5, 5.41) is 2.55. The van der Waals surface area contributed by atoms with Crippen molar-refractivity contribution >= 4 is 27.6 Å². The van der Waals surface area contributed by atoms with Gasteiger partial charge in [0.15, 0.2) is 12.4 Å². The Morgan fingerprint density at radius 3 is 2.32 bits per heavy atom. The molecule has 0 spiro atoms. The summed E-state index contributed by atoms with van der Waals surface area (Å²) in [5.74, 6) is 0.297. The van der Waals surface area contributed by atoms with Crippen LogP contribution >= 0.6 is 15.9 Å². The van der Waals surface area contributed by atoms with E-state index in [0.29, 0.717) is 5.75 Å². The van der Waals surface area contributed by atoms with Crippen LogP contribution in [0.1, 0.15) is 20.8 Å². The Morgan fingerprint density at radius 2 is 1.79 bits per heavy atom. The fraction of sp³-hybridized carbons (Fsp3) is 0.429. The molecule has 0 bridgehead atoms. The quantitative estimate of drug-likeness (QED) is 0.904. The number of hydrogen-bond donors (Lipinski definition) is 1. The molecule has 0 saturated heterocycles. The predicted octanol–water partition coefficient (Wildman–Crippen LogP) is 2.56. The summed E-state index contributed by atoms with van der Waals surface area (Å²) in [4.78, 5) is 23.1. The van der Waals surface area contributed by atoms with Gasteiger partial charge >= 0.3 is 0 Å². The van der Waals surface area contributed by atoms with E-state index in [1.54, 1.807) is 12.1 Å². The molecular weight excluding hydrogens is 310 g/mol. The average molecular weight is 328 g/mol. The number of halogens is 1. The number of benzene rings is 1. The third kappa shape index (κ3) is 5.87. The van der Waals surface area contributed by atoms with Gasteiger partial charge in [0.05, 0.1) is 6.54 Å². The average Bonchev–Trinajstić information content (AvgIpc) is 2.34. The second kappa shape index (κ2) is 6.70. The highest BCUT2D eigenvalue weighted by Gasteiger charge is 2.21. The molecule has 1 amide bonds. The lowest BCUT2D eigenvalue weighted by Crippen LogP contribution is -2.37. The smallest absolute Gasteiger partial charge is 0.258 e. The van der Waals surface area contributed by atoms with E-state index in [1.165, 1.54) is 0 Å². The Kier molecular flexibility index (Phi) is 5.54. The van der Waals surface area contributed by atoms with Crippen LogP contribution < -0.4 is 10.1 Å². The van der Waals surface area contributed by atoms with Gasteiger partial charge in [-0.1, -0.05) is 36.7 Å². The minimum absolute atomic E-state index is 0.00973. The van der Waals surface area contributed by atoms with Gasteiger partial charge < -0.3 is 10.1 Å². The fourth-order valence-electron chi connectivity index (χ4n) is 1.17. The van der Waals surface area contributed by atoms with Crippen molar-refractivity contribution < 1.29 is 14.3 Å². The van der Waals surface area contributed by atoms with Crippen LogP contribution in [0.4, 0.5) is 0 Å². The molecule has 1 N–H and O–H groups in total. The molecule has 1 aromatic carbocycles. The predicted molar refractivity (Wildman–Crippen MR) is 77.1 cm³/mol. The molecular formula is C14H18BrNO3. The maximum Gasteiger partial charge on any atom is 0.258 e. The largest absolute Gasteiger partial charge is 0.484 e. The third-order valence-electron chi connectivity index (χ3n) is 2.47. The van der Waals surface area contributed by atoms with Gasteiger partial charge in [-0.2, -0.15) is 0 Å². The van der Waals surface area contributed by atoms with Crippen LogP contribution in [0, 0.1) is 5.41 Å². The molecule has 4 nitrogen and oxygen atoms in total. The summed E-state index contributed by atoms with van der Waals surface area (Å²) in [6, 6.07) is 7.18. The van der Waals surface area contributed by atoms with Crippen molar-refractivity contribution in [3.63, 3.8) is 0 Å². The first-order valence-electron chi connectivity index (χ1n) is 5.97. The van der Waals surface area contributed by atoms with Gasteiger partial charge in [-0.05, 0) is 24.3 Å². The summed E-state index contributed by atoms with van der Waals surface area (Å²) in [6.45, 7) is 5.39. The van der Waals surface area contributed by atoms with Crippen LogP contribution in [-0.2, 0) is 9.59 Å². The first-order chi connectivity index (χ1) is 8.79. The first kappa shape index (κ1) is 15.7. The Hall–Kier alpha value is -1.36. The highest BCUT2D eigenvalue weighted by atomic mass is 79.9. The molecule has 5 heteroatoms. The van der Waals surface area contributed by atoms with E-state index < -0.39 is 5.41 Å². The first-order valence-corrected chi connectivity index (χ1v) is 6.77. The minimum Gasteiger partial charge on any atom is -0.484 e. The van der Waals surface area contributed by atoms with Crippen molar-refractivity contribution in [3.8, 4) is 5.75 Å². The number of Topliss-reactive ketones (excluding diaryl/α,β-unsaturated/α-hetero) is 1. The molecule has 1 rings (SSSR count). The number of amides is 1. The second-order valence-electron chi connectivity index (χ2n) is 5.19. The lowest BCUT2D eigenvalue weighted by atomic mass is 9.91. The normalized spacial score (nSPS) is 10.9. The zero-order chi connectivity index (χ0) is 14.5. The highest BCUT2D eigenvalue weighted by molar-refractivity contribution is 9.10. The third-order valence-corrected chi connectivity index (χ3v) is 2.99. The van der Waals surface area contributed by atoms with Crippen molar-refractivity contribution in [2.75, 3.05) is 13.2 Å². The number of carbonyl (C=O) groups is 2. The maximum absolute atomic E-state index is 11.6. The molecule has 0 fully saturated rings. The van der Waals surface area contributed by atoms with Crippen molar-refractivity contribution in [2.45, 2.75) is 20.8 Å². The van der Waals surface area contributed by atoms with Gasteiger partial charge in [-0.15, -0.1) is 0 Å². The molecule has 0 aliphatic carbocycles. The Morgan fingerprint density at radius 1 is 1.21 bits per heavy atom. The van der Waals surface area contributed by atoms with Crippen molar-refractivity contribution in [1.82, 2.24) is 5.32 Å². The van der Waals surface area contributed by atoms with Crippen LogP contribution in [0.25, 0.3) is 0 Å². The van der Waals surface area contributed by atoms with Crippen molar-refractivity contribution in [2.24, 2.45) is 5.41 Å². The van der Waals surface area contributed by atoms with E-state index in [-0.39, 0.29) is 24.8 Å². The van der Waals surface area contributed by atoms with Gasteiger partial charge in [0.2, 0.25) is 0 Å². The van der Waals surface area contributed by atoms with Crippen LogP contribution in [0.5, 0.6) is 5.75 Å². The number of ketones is 1. The Labute approximate surface area is 121 Å². The molecule has 0 heterocycles. The van der Waals surface area contributed by atoms with Crippen LogP contribution in [0.15, 0.2) is 28.7 Å². The number of hydrogen-bond acceptors (Lipinski definition) is 3. The number of ether oxygens (including phenoxy) is 1.